The summed E-state index contributed by atoms with van der Waals surface area (Å²) in [6, 6.07) is 0. The minimum atomic E-state index is -0.272. The average molecular weight is 523 g/mol. The number of esters is 1. The Bertz CT molecular complexity index is 460. The van der Waals surface area contributed by atoms with Crippen LogP contribution in [0.1, 0.15) is 207 Å². The molecule has 0 aliphatic carbocycles. The van der Waals surface area contributed by atoms with Crippen LogP contribution in [0.2, 0.25) is 0 Å². The van der Waals surface area contributed by atoms with E-state index >= 15 is 0 Å². The van der Waals surface area contributed by atoms with E-state index in [1.165, 1.54) is 154 Å². The van der Waals surface area contributed by atoms with Gasteiger partial charge < -0.3 is 4.74 Å². The second kappa shape index (κ2) is 28.5. The summed E-state index contributed by atoms with van der Waals surface area (Å²) in [7, 11) is 0. The summed E-state index contributed by atoms with van der Waals surface area (Å²) >= 11 is 0. The van der Waals surface area contributed by atoms with Crippen molar-refractivity contribution in [1.82, 2.24) is 0 Å². The fourth-order valence-electron chi connectivity index (χ4n) is 5.56. The quantitative estimate of drug-likeness (QED) is 0.0692. The maximum absolute atomic E-state index is 13.0. The van der Waals surface area contributed by atoms with E-state index < -0.39 is 0 Å². The molecule has 2 heteroatoms. The number of rotatable bonds is 30. The predicted octanol–water partition coefficient (Wildman–Crippen LogP) is 12.5. The van der Waals surface area contributed by atoms with Gasteiger partial charge in [0.15, 0.2) is 0 Å². The molecule has 0 N–H and O–H groups in total. The number of carbonyl (C=O) groups excluding carboxylic acids is 1. The fourth-order valence-corrected chi connectivity index (χ4v) is 5.56. The zero-order valence-corrected chi connectivity index (χ0v) is 26.3. The molecule has 0 saturated carbocycles. The first-order valence-corrected chi connectivity index (χ1v) is 17.3. The number of hydrogen-bond donors (Lipinski definition) is 0. The predicted molar refractivity (Wildman–Crippen MR) is 165 cm³/mol. The van der Waals surface area contributed by atoms with Crippen molar-refractivity contribution in [3.63, 3.8) is 0 Å². The summed E-state index contributed by atoms with van der Waals surface area (Å²) in [5.74, 6) is 0.0814. The second-order valence-corrected chi connectivity index (χ2v) is 12.3. The molecule has 0 radical (unpaired) electrons. The Morgan fingerprint density at radius 3 is 1.08 bits per heavy atom. The molecular weight excluding hydrogens is 452 g/mol. The van der Waals surface area contributed by atoms with Gasteiger partial charge in [-0.3, -0.25) is 4.79 Å². The first-order chi connectivity index (χ1) is 18.1. The monoisotopic (exact) mass is 523 g/mol. The smallest absolute Gasteiger partial charge is 0.311 e. The molecule has 0 aliphatic heterocycles. The van der Waals surface area contributed by atoms with Crippen molar-refractivity contribution in [2.45, 2.75) is 207 Å². The lowest BCUT2D eigenvalue weighted by Crippen LogP contribution is -2.30. The van der Waals surface area contributed by atoms with Crippen LogP contribution in [0.5, 0.6) is 0 Å². The molecule has 0 bridgehead atoms. The normalized spacial score (nSPS) is 13.1. The Morgan fingerprint density at radius 1 is 0.432 bits per heavy atom. The number of hydrogen-bond acceptors (Lipinski definition) is 2. The minimum absolute atomic E-state index is 0.0814. The third kappa shape index (κ3) is 24.3. The lowest BCUT2D eigenvalue weighted by atomic mass is 9.79. The maximum atomic E-state index is 13.0. The third-order valence-corrected chi connectivity index (χ3v) is 8.39. The Morgan fingerprint density at radius 2 is 0.703 bits per heavy atom. The summed E-state index contributed by atoms with van der Waals surface area (Å²) in [5.41, 5.74) is -0.272. The van der Waals surface area contributed by atoms with Crippen LogP contribution in [0.25, 0.3) is 0 Å². The number of carbonyl (C=O) groups is 1. The van der Waals surface area contributed by atoms with Gasteiger partial charge in [-0.05, 0) is 26.2 Å². The van der Waals surface area contributed by atoms with E-state index in [1.807, 2.05) is 0 Å². The first kappa shape index (κ1) is 36.5. The number of ether oxygens (including phenoxy) is 1. The maximum Gasteiger partial charge on any atom is 0.311 e. The van der Waals surface area contributed by atoms with Crippen molar-refractivity contribution in [3.05, 3.63) is 0 Å². The van der Waals surface area contributed by atoms with E-state index in [-0.39, 0.29) is 11.4 Å². The molecule has 0 amide bonds. The van der Waals surface area contributed by atoms with E-state index in [0.717, 1.165) is 25.7 Å². The second-order valence-electron chi connectivity index (χ2n) is 12.3. The molecule has 222 valence electrons. The zero-order valence-electron chi connectivity index (χ0n) is 26.3. The van der Waals surface area contributed by atoms with Gasteiger partial charge in [0.25, 0.3) is 0 Å². The lowest BCUT2D eigenvalue weighted by molar-refractivity contribution is -0.156. The molecule has 0 aliphatic rings. The molecular formula is C35H70O2. The van der Waals surface area contributed by atoms with E-state index in [2.05, 4.69) is 27.7 Å². The standard InChI is InChI=1S/C35H70O2/c1-5-8-11-13-15-17-18-19-20-21-22-24-26-29-32-35(4,31-28-10-7-3)34(36)37-33-30-27-25-23-16-14-12-9-6-2/h5-33H2,1-4H3. The zero-order chi connectivity index (χ0) is 27.3. The van der Waals surface area contributed by atoms with Crippen LogP contribution in [0.3, 0.4) is 0 Å². The Balaban J connectivity index is 3.91. The van der Waals surface area contributed by atoms with Crippen molar-refractivity contribution < 1.29 is 9.53 Å². The van der Waals surface area contributed by atoms with Gasteiger partial charge in [0, 0.05) is 0 Å². The molecule has 1 atom stereocenters. The molecule has 0 heterocycles. The molecule has 37 heavy (non-hydrogen) atoms. The highest BCUT2D eigenvalue weighted by Gasteiger charge is 2.33. The van der Waals surface area contributed by atoms with Crippen molar-refractivity contribution in [1.29, 1.82) is 0 Å². The molecule has 0 aromatic carbocycles. The van der Waals surface area contributed by atoms with Gasteiger partial charge in [0.2, 0.25) is 0 Å². The summed E-state index contributed by atoms with van der Waals surface area (Å²) < 4.78 is 5.83. The molecule has 0 aromatic heterocycles. The molecule has 2 nitrogen and oxygen atoms in total. The van der Waals surface area contributed by atoms with Crippen LogP contribution in [0, 0.1) is 5.41 Å². The van der Waals surface area contributed by atoms with Crippen molar-refractivity contribution >= 4 is 5.97 Å². The molecule has 0 aromatic rings. The highest BCUT2D eigenvalue weighted by Crippen LogP contribution is 2.33. The van der Waals surface area contributed by atoms with Gasteiger partial charge in [-0.25, -0.2) is 0 Å². The topological polar surface area (TPSA) is 26.3 Å². The SMILES string of the molecule is CCCCCCCCCCCCCCCCC(C)(CCCCC)C(=O)OCCCCCCCCCCC. The van der Waals surface area contributed by atoms with Gasteiger partial charge in [0.1, 0.15) is 0 Å². The van der Waals surface area contributed by atoms with Gasteiger partial charge in [0.05, 0.1) is 12.0 Å². The molecule has 0 rings (SSSR count). The number of unbranched alkanes of at least 4 members (excludes halogenated alkanes) is 23. The van der Waals surface area contributed by atoms with Gasteiger partial charge in [-0.2, -0.15) is 0 Å². The van der Waals surface area contributed by atoms with E-state index in [4.69, 9.17) is 4.74 Å². The third-order valence-electron chi connectivity index (χ3n) is 8.39. The van der Waals surface area contributed by atoms with Crippen molar-refractivity contribution in [2.75, 3.05) is 6.61 Å². The van der Waals surface area contributed by atoms with E-state index in [9.17, 15) is 4.79 Å². The van der Waals surface area contributed by atoms with Crippen LogP contribution in [0.15, 0.2) is 0 Å². The Labute approximate surface area is 234 Å². The van der Waals surface area contributed by atoms with E-state index in [0.29, 0.717) is 6.61 Å². The lowest BCUT2D eigenvalue weighted by Gasteiger charge is -2.27. The molecule has 0 saturated heterocycles. The summed E-state index contributed by atoms with van der Waals surface area (Å²) in [4.78, 5) is 13.0. The van der Waals surface area contributed by atoms with Crippen molar-refractivity contribution in [2.24, 2.45) is 5.41 Å². The Hall–Kier alpha value is -0.530. The van der Waals surface area contributed by atoms with Crippen molar-refractivity contribution in [3.8, 4) is 0 Å². The first-order valence-electron chi connectivity index (χ1n) is 17.3. The fraction of sp³-hybridized carbons (Fsp3) is 0.971. The van der Waals surface area contributed by atoms with Gasteiger partial charge >= 0.3 is 5.97 Å². The van der Waals surface area contributed by atoms with Gasteiger partial charge in [-0.15, -0.1) is 0 Å². The summed E-state index contributed by atoms with van der Waals surface area (Å²) in [6.45, 7) is 9.61. The average Bonchev–Trinajstić information content (AvgIpc) is 2.90. The largest absolute Gasteiger partial charge is 0.465 e. The van der Waals surface area contributed by atoms with Crippen LogP contribution >= 0.6 is 0 Å². The van der Waals surface area contributed by atoms with E-state index in [1.54, 1.807) is 0 Å². The van der Waals surface area contributed by atoms with Crippen LogP contribution in [-0.2, 0) is 9.53 Å². The van der Waals surface area contributed by atoms with Crippen LogP contribution < -0.4 is 0 Å². The highest BCUT2D eigenvalue weighted by molar-refractivity contribution is 5.76. The summed E-state index contributed by atoms with van der Waals surface area (Å²) in [6.07, 6.45) is 36.6. The van der Waals surface area contributed by atoms with Gasteiger partial charge in [-0.1, -0.05) is 181 Å². The highest BCUT2D eigenvalue weighted by atomic mass is 16.5. The molecule has 0 fully saturated rings. The van der Waals surface area contributed by atoms with Crippen LogP contribution in [0.4, 0.5) is 0 Å². The molecule has 0 spiro atoms. The Kier molecular flexibility index (Phi) is 28.1. The van der Waals surface area contributed by atoms with Crippen LogP contribution in [-0.4, -0.2) is 12.6 Å². The molecule has 1 unspecified atom stereocenters. The summed E-state index contributed by atoms with van der Waals surface area (Å²) in [5, 5.41) is 0. The minimum Gasteiger partial charge on any atom is -0.465 e.